The van der Waals surface area contributed by atoms with Crippen LogP contribution in [0, 0.1) is 13.8 Å². The molecule has 0 bridgehead atoms. The number of hydrogen-bond acceptors (Lipinski definition) is 2. The number of hydrogen-bond donors (Lipinski definition) is 1. The van der Waals surface area contributed by atoms with Gasteiger partial charge in [0.1, 0.15) is 5.56 Å². The van der Waals surface area contributed by atoms with Gasteiger partial charge in [0.2, 0.25) is 0 Å². The summed E-state index contributed by atoms with van der Waals surface area (Å²) >= 11 is 0. The van der Waals surface area contributed by atoms with E-state index in [0.717, 1.165) is 16.7 Å². The van der Waals surface area contributed by atoms with Crippen LogP contribution in [0.25, 0.3) is 11.3 Å². The second-order valence-corrected chi connectivity index (χ2v) is 4.26. The molecule has 0 radical (unpaired) electrons. The van der Waals surface area contributed by atoms with Gasteiger partial charge in [-0.1, -0.05) is 17.2 Å². The molecule has 0 fully saturated rings. The van der Waals surface area contributed by atoms with Gasteiger partial charge in [-0.2, -0.15) is 0 Å². The molecular weight excluding hydrogens is 216 g/mol. The van der Waals surface area contributed by atoms with E-state index in [-0.39, 0.29) is 11.1 Å². The zero-order valence-corrected chi connectivity index (χ0v) is 10.1. The quantitative estimate of drug-likeness (QED) is 0.800. The van der Waals surface area contributed by atoms with Crippen LogP contribution in [0.1, 0.15) is 21.5 Å². The van der Waals surface area contributed by atoms with Crippen molar-refractivity contribution in [1.29, 1.82) is 0 Å². The molecule has 0 saturated heterocycles. The van der Waals surface area contributed by atoms with Crippen LogP contribution in [0.5, 0.6) is 0 Å². The van der Waals surface area contributed by atoms with Gasteiger partial charge in [-0.3, -0.25) is 19.4 Å². The summed E-state index contributed by atoms with van der Waals surface area (Å²) in [5, 5.41) is 2.91. The van der Waals surface area contributed by atoms with E-state index in [9.17, 15) is 9.59 Å². The van der Waals surface area contributed by atoms with E-state index in [4.69, 9.17) is 0 Å². The van der Waals surface area contributed by atoms with Gasteiger partial charge in [-0.15, -0.1) is 0 Å². The average molecular weight is 230 g/mol. The molecular formula is C13H14N2O2. The minimum absolute atomic E-state index is 0.178. The highest BCUT2D eigenvalue weighted by atomic mass is 16.1. The molecule has 4 nitrogen and oxygen atoms in total. The Labute approximate surface area is 98.9 Å². The summed E-state index contributed by atoms with van der Waals surface area (Å²) in [4.78, 5) is 22.6. The maximum Gasteiger partial charge on any atom is 0.277 e. The fraction of sp³-hybridized carbons (Fsp3) is 0.231. The second-order valence-electron chi connectivity index (χ2n) is 4.26. The minimum atomic E-state index is -0.297. The molecule has 0 aliphatic heterocycles. The Morgan fingerprint density at radius 3 is 2.29 bits per heavy atom. The van der Waals surface area contributed by atoms with E-state index in [2.05, 4.69) is 5.10 Å². The minimum Gasteiger partial charge on any atom is -0.298 e. The first-order chi connectivity index (χ1) is 8.02. The third kappa shape index (κ3) is 1.93. The number of rotatable bonds is 2. The van der Waals surface area contributed by atoms with Crippen LogP contribution in [-0.2, 0) is 7.05 Å². The van der Waals surface area contributed by atoms with E-state index < -0.39 is 0 Å². The standard InChI is InChI=1S/C13H14N2O2/c1-8-4-9(2)6-10(5-8)12-11(7-16)13(17)15(3)14-12/h4-7,14H,1-3H3. The van der Waals surface area contributed by atoms with E-state index in [0.29, 0.717) is 12.0 Å². The van der Waals surface area contributed by atoms with Crippen molar-refractivity contribution in [2.24, 2.45) is 7.05 Å². The highest BCUT2D eigenvalue weighted by molar-refractivity contribution is 5.85. The summed E-state index contributed by atoms with van der Waals surface area (Å²) < 4.78 is 1.32. The molecule has 2 aromatic rings. The molecule has 1 heterocycles. The van der Waals surface area contributed by atoms with Gasteiger partial charge in [0.05, 0.1) is 5.69 Å². The zero-order valence-electron chi connectivity index (χ0n) is 10.1. The lowest BCUT2D eigenvalue weighted by atomic mass is 10.0. The van der Waals surface area contributed by atoms with Crippen LogP contribution in [0.15, 0.2) is 23.0 Å². The molecule has 0 amide bonds. The third-order valence-electron chi connectivity index (χ3n) is 2.71. The Morgan fingerprint density at radius 2 is 1.76 bits per heavy atom. The molecule has 17 heavy (non-hydrogen) atoms. The van der Waals surface area contributed by atoms with Crippen LogP contribution in [0.3, 0.4) is 0 Å². The molecule has 0 spiro atoms. The first-order valence-electron chi connectivity index (χ1n) is 5.35. The van der Waals surface area contributed by atoms with Crippen molar-refractivity contribution >= 4 is 6.29 Å². The molecule has 0 aliphatic carbocycles. The second kappa shape index (κ2) is 4.05. The number of nitrogens with one attached hydrogen (secondary N) is 1. The summed E-state index contributed by atoms with van der Waals surface area (Å²) in [5.41, 5.74) is 3.52. The summed E-state index contributed by atoms with van der Waals surface area (Å²) in [6.45, 7) is 3.97. The number of aryl methyl sites for hydroxylation is 3. The van der Waals surface area contributed by atoms with Crippen molar-refractivity contribution < 1.29 is 4.79 Å². The lowest BCUT2D eigenvalue weighted by Crippen LogP contribution is -2.14. The highest BCUT2D eigenvalue weighted by Gasteiger charge is 2.13. The number of aromatic amines is 1. The van der Waals surface area contributed by atoms with Gasteiger partial charge >= 0.3 is 0 Å². The highest BCUT2D eigenvalue weighted by Crippen LogP contribution is 2.21. The summed E-state index contributed by atoms with van der Waals surface area (Å²) in [6, 6.07) is 5.95. The molecule has 1 N–H and O–H groups in total. The number of carbonyl (C=O) groups excluding carboxylic acids is 1. The smallest absolute Gasteiger partial charge is 0.277 e. The topological polar surface area (TPSA) is 54.9 Å². The van der Waals surface area contributed by atoms with Crippen molar-refractivity contribution in [2.45, 2.75) is 13.8 Å². The molecule has 0 unspecified atom stereocenters. The lowest BCUT2D eigenvalue weighted by Gasteiger charge is -2.03. The molecule has 88 valence electrons. The number of aromatic nitrogens is 2. The van der Waals surface area contributed by atoms with E-state index >= 15 is 0 Å². The van der Waals surface area contributed by atoms with Crippen molar-refractivity contribution in [1.82, 2.24) is 9.78 Å². The fourth-order valence-corrected chi connectivity index (χ4v) is 2.01. The Kier molecular flexibility index (Phi) is 2.71. The molecule has 1 aromatic heterocycles. The number of aldehydes is 1. The van der Waals surface area contributed by atoms with Crippen molar-refractivity contribution in [3.05, 3.63) is 45.2 Å². The fourth-order valence-electron chi connectivity index (χ4n) is 2.01. The van der Waals surface area contributed by atoms with E-state index in [1.165, 1.54) is 4.68 Å². The normalized spacial score (nSPS) is 10.5. The van der Waals surface area contributed by atoms with Gasteiger partial charge in [0, 0.05) is 12.6 Å². The van der Waals surface area contributed by atoms with E-state index in [1.54, 1.807) is 7.05 Å². The van der Waals surface area contributed by atoms with Gasteiger partial charge in [-0.05, 0) is 26.0 Å². The maximum atomic E-state index is 11.7. The third-order valence-corrected chi connectivity index (χ3v) is 2.71. The number of carbonyl (C=O) groups is 1. The Hall–Kier alpha value is -2.10. The largest absolute Gasteiger partial charge is 0.298 e. The average Bonchev–Trinajstić information content (AvgIpc) is 2.54. The van der Waals surface area contributed by atoms with Gasteiger partial charge in [-0.25, -0.2) is 0 Å². The van der Waals surface area contributed by atoms with Crippen molar-refractivity contribution in [3.8, 4) is 11.3 Å². The van der Waals surface area contributed by atoms with Crippen LogP contribution in [0.4, 0.5) is 0 Å². The number of nitrogens with zero attached hydrogens (tertiary/aromatic N) is 1. The Balaban J connectivity index is 2.72. The lowest BCUT2D eigenvalue weighted by molar-refractivity contribution is 0.112. The summed E-state index contributed by atoms with van der Waals surface area (Å²) in [7, 11) is 1.60. The molecule has 2 rings (SSSR count). The Bertz CT molecular complexity index is 615. The van der Waals surface area contributed by atoms with Crippen LogP contribution < -0.4 is 5.56 Å². The SMILES string of the molecule is Cc1cc(C)cc(-c2[nH]n(C)c(=O)c2C=O)c1. The zero-order chi connectivity index (χ0) is 12.6. The molecule has 0 saturated carbocycles. The van der Waals surface area contributed by atoms with Crippen molar-refractivity contribution in [3.63, 3.8) is 0 Å². The summed E-state index contributed by atoms with van der Waals surface area (Å²) in [6.07, 6.45) is 0.603. The molecule has 0 aliphatic rings. The molecule has 0 atom stereocenters. The Morgan fingerprint density at radius 1 is 1.18 bits per heavy atom. The van der Waals surface area contributed by atoms with Gasteiger partial charge in [0.15, 0.2) is 6.29 Å². The van der Waals surface area contributed by atoms with Crippen LogP contribution >= 0.6 is 0 Å². The molecule has 4 heteroatoms. The monoisotopic (exact) mass is 230 g/mol. The number of H-pyrrole nitrogens is 1. The van der Waals surface area contributed by atoms with Crippen LogP contribution in [-0.4, -0.2) is 16.1 Å². The number of benzene rings is 1. The maximum absolute atomic E-state index is 11.7. The predicted octanol–water partition coefficient (Wildman–Crippen LogP) is 1.81. The summed E-state index contributed by atoms with van der Waals surface area (Å²) in [5.74, 6) is 0. The van der Waals surface area contributed by atoms with Crippen molar-refractivity contribution in [2.75, 3.05) is 0 Å². The predicted molar refractivity (Wildman–Crippen MR) is 66.3 cm³/mol. The van der Waals surface area contributed by atoms with E-state index in [1.807, 2.05) is 32.0 Å². The van der Waals surface area contributed by atoms with Crippen LogP contribution in [0.2, 0.25) is 0 Å². The van der Waals surface area contributed by atoms with Gasteiger partial charge in [0.25, 0.3) is 5.56 Å². The van der Waals surface area contributed by atoms with Gasteiger partial charge < -0.3 is 0 Å². The molecule has 1 aromatic carbocycles. The first kappa shape index (κ1) is 11.4. The first-order valence-corrected chi connectivity index (χ1v) is 5.35.